The maximum absolute atomic E-state index is 10.4. The van der Waals surface area contributed by atoms with E-state index in [2.05, 4.69) is 27.7 Å². The minimum Gasteiger partial charge on any atom is -0.393 e. The summed E-state index contributed by atoms with van der Waals surface area (Å²) >= 11 is 0. The van der Waals surface area contributed by atoms with Crippen LogP contribution in [0.2, 0.25) is 0 Å². The zero-order valence-electron chi connectivity index (χ0n) is 16.6. The molecule has 6 atom stereocenters. The van der Waals surface area contributed by atoms with Crippen molar-refractivity contribution in [1.29, 1.82) is 0 Å². The number of hydrogen-bond acceptors (Lipinski definition) is 3. The number of aliphatic hydroxyl groups excluding tert-OH is 1. The number of hydrogen-bond donors (Lipinski definition) is 1. The van der Waals surface area contributed by atoms with Gasteiger partial charge in [0.1, 0.15) is 0 Å². The molecule has 0 amide bonds. The Kier molecular flexibility index (Phi) is 4.86. The highest BCUT2D eigenvalue weighted by molar-refractivity contribution is 5.02. The lowest BCUT2D eigenvalue weighted by molar-refractivity contribution is -0.157. The molecule has 2 aliphatic carbocycles. The lowest BCUT2D eigenvalue weighted by Crippen LogP contribution is -2.41. The Morgan fingerprint density at radius 1 is 1.08 bits per heavy atom. The Morgan fingerprint density at radius 3 is 2.42 bits per heavy atom. The van der Waals surface area contributed by atoms with Crippen molar-refractivity contribution in [1.82, 2.24) is 0 Å². The molecule has 3 rings (SSSR count). The van der Waals surface area contributed by atoms with Crippen molar-refractivity contribution in [3.05, 3.63) is 0 Å². The van der Waals surface area contributed by atoms with E-state index in [1.54, 1.807) is 0 Å². The van der Waals surface area contributed by atoms with Crippen LogP contribution >= 0.6 is 0 Å². The lowest BCUT2D eigenvalue weighted by atomic mass is 9.61. The van der Waals surface area contributed by atoms with Crippen molar-refractivity contribution in [3.63, 3.8) is 0 Å². The van der Waals surface area contributed by atoms with Crippen LogP contribution in [0.1, 0.15) is 86.5 Å². The summed E-state index contributed by atoms with van der Waals surface area (Å²) in [5.74, 6) is 1.50. The summed E-state index contributed by atoms with van der Waals surface area (Å²) in [5, 5.41) is 10.4. The minimum atomic E-state index is -0.463. The van der Waals surface area contributed by atoms with Crippen LogP contribution in [-0.2, 0) is 9.47 Å². The number of fused-ring (bicyclic) bond motifs is 1. The summed E-state index contributed by atoms with van der Waals surface area (Å²) in [5.41, 5.74) is 0.144. The van der Waals surface area contributed by atoms with Crippen molar-refractivity contribution < 1.29 is 14.6 Å². The molecule has 0 aromatic heterocycles. The summed E-state index contributed by atoms with van der Waals surface area (Å²) in [6, 6.07) is 0. The SMILES string of the molecule is C[C@H](CC[C@H]1OC(C)(C)OC1(C)C)[C@H]1CC[C@H]2[C@@H](O)CCC[C@]12C. The third kappa shape index (κ3) is 3.29. The summed E-state index contributed by atoms with van der Waals surface area (Å²) in [6.45, 7) is 13.2. The van der Waals surface area contributed by atoms with Gasteiger partial charge in [0, 0.05) is 0 Å². The number of rotatable bonds is 4. The number of aliphatic hydroxyl groups is 1. The topological polar surface area (TPSA) is 38.7 Å². The molecule has 0 unspecified atom stereocenters. The average molecular weight is 339 g/mol. The predicted octanol–water partition coefficient (Wildman–Crippen LogP) is 4.91. The molecule has 3 heteroatoms. The molecule has 1 heterocycles. The Balaban J connectivity index is 1.61. The second-order valence-corrected chi connectivity index (χ2v) is 10.0. The smallest absolute Gasteiger partial charge is 0.164 e. The largest absolute Gasteiger partial charge is 0.393 e. The van der Waals surface area contributed by atoms with E-state index in [0.29, 0.717) is 17.3 Å². The van der Waals surface area contributed by atoms with Crippen LogP contribution < -0.4 is 0 Å². The van der Waals surface area contributed by atoms with Crippen LogP contribution in [0.15, 0.2) is 0 Å². The Hall–Kier alpha value is -0.120. The van der Waals surface area contributed by atoms with E-state index < -0.39 is 5.79 Å². The molecule has 0 aromatic carbocycles. The van der Waals surface area contributed by atoms with Crippen LogP contribution in [0.5, 0.6) is 0 Å². The van der Waals surface area contributed by atoms with Crippen molar-refractivity contribution in [3.8, 4) is 0 Å². The van der Waals surface area contributed by atoms with E-state index in [1.807, 2.05) is 13.8 Å². The van der Waals surface area contributed by atoms with Crippen LogP contribution in [-0.4, -0.2) is 28.7 Å². The molecule has 0 bridgehead atoms. The van der Waals surface area contributed by atoms with Gasteiger partial charge in [-0.05, 0) is 89.4 Å². The second kappa shape index (κ2) is 6.25. The minimum absolute atomic E-state index is 0.0627. The van der Waals surface area contributed by atoms with E-state index in [0.717, 1.165) is 18.8 Å². The quantitative estimate of drug-likeness (QED) is 0.791. The van der Waals surface area contributed by atoms with E-state index in [1.165, 1.54) is 32.1 Å². The fraction of sp³-hybridized carbons (Fsp3) is 1.00. The third-order valence-electron chi connectivity index (χ3n) is 7.44. The highest BCUT2D eigenvalue weighted by Gasteiger charge is 2.52. The molecule has 24 heavy (non-hydrogen) atoms. The van der Waals surface area contributed by atoms with Gasteiger partial charge in [-0.2, -0.15) is 0 Å². The molecule has 0 radical (unpaired) electrons. The van der Waals surface area contributed by atoms with Gasteiger partial charge in [0.2, 0.25) is 0 Å². The van der Waals surface area contributed by atoms with Crippen LogP contribution in [0, 0.1) is 23.2 Å². The van der Waals surface area contributed by atoms with Gasteiger partial charge in [-0.1, -0.05) is 20.3 Å². The maximum atomic E-state index is 10.4. The fourth-order valence-electron chi connectivity index (χ4n) is 6.35. The van der Waals surface area contributed by atoms with Crippen molar-refractivity contribution in [2.45, 2.75) is 110 Å². The van der Waals surface area contributed by atoms with Gasteiger partial charge in [0.15, 0.2) is 5.79 Å². The van der Waals surface area contributed by atoms with Gasteiger partial charge in [-0.3, -0.25) is 0 Å². The maximum Gasteiger partial charge on any atom is 0.164 e. The first-order valence-electron chi connectivity index (χ1n) is 10.1. The van der Waals surface area contributed by atoms with Gasteiger partial charge in [-0.15, -0.1) is 0 Å². The van der Waals surface area contributed by atoms with Crippen LogP contribution in [0.4, 0.5) is 0 Å². The molecule has 1 aliphatic heterocycles. The molecule has 3 fully saturated rings. The third-order valence-corrected chi connectivity index (χ3v) is 7.44. The van der Waals surface area contributed by atoms with Crippen molar-refractivity contribution in [2.75, 3.05) is 0 Å². The standard InChI is InChI=1S/C21H38O3/c1-14(9-12-18-19(2,3)24-20(4,5)23-18)15-10-11-16-17(22)8-7-13-21(15,16)6/h14-18,22H,7-13H2,1-6H3/t14-,15-,16+,17+,18-,21-/m1/s1. The first kappa shape index (κ1) is 18.7. The average Bonchev–Trinajstić information content (AvgIpc) is 2.90. The van der Waals surface area contributed by atoms with Crippen LogP contribution in [0.3, 0.4) is 0 Å². The highest BCUT2D eigenvalue weighted by atomic mass is 16.8. The van der Waals surface area contributed by atoms with E-state index >= 15 is 0 Å². The summed E-state index contributed by atoms with van der Waals surface area (Å²) < 4.78 is 12.2. The summed E-state index contributed by atoms with van der Waals surface area (Å²) in [7, 11) is 0. The summed E-state index contributed by atoms with van der Waals surface area (Å²) in [4.78, 5) is 0. The van der Waals surface area contributed by atoms with Gasteiger partial charge < -0.3 is 14.6 Å². The molecular formula is C21H38O3. The molecule has 0 aromatic rings. The fourth-order valence-corrected chi connectivity index (χ4v) is 6.35. The van der Waals surface area contributed by atoms with E-state index in [-0.39, 0.29) is 17.8 Å². The molecule has 3 aliphatic rings. The highest BCUT2D eigenvalue weighted by Crippen LogP contribution is 2.58. The molecule has 3 nitrogen and oxygen atoms in total. The van der Waals surface area contributed by atoms with E-state index in [4.69, 9.17) is 9.47 Å². The van der Waals surface area contributed by atoms with Crippen molar-refractivity contribution >= 4 is 0 Å². The molecule has 1 saturated heterocycles. The van der Waals surface area contributed by atoms with E-state index in [9.17, 15) is 5.11 Å². The van der Waals surface area contributed by atoms with Crippen LogP contribution in [0.25, 0.3) is 0 Å². The van der Waals surface area contributed by atoms with Gasteiger partial charge in [-0.25, -0.2) is 0 Å². The molecule has 1 N–H and O–H groups in total. The van der Waals surface area contributed by atoms with Gasteiger partial charge in [0.05, 0.1) is 17.8 Å². The Bertz CT molecular complexity index is 458. The normalized spacial score (nSPS) is 45.1. The first-order chi connectivity index (χ1) is 11.1. The second-order valence-electron chi connectivity index (χ2n) is 10.0. The molecule has 140 valence electrons. The zero-order chi connectivity index (χ0) is 17.8. The molecular weight excluding hydrogens is 300 g/mol. The van der Waals surface area contributed by atoms with Gasteiger partial charge in [0.25, 0.3) is 0 Å². The Labute approximate surface area is 148 Å². The lowest BCUT2D eigenvalue weighted by Gasteiger charge is -2.45. The Morgan fingerprint density at radius 2 is 1.79 bits per heavy atom. The molecule has 2 saturated carbocycles. The zero-order valence-corrected chi connectivity index (χ0v) is 16.6. The summed E-state index contributed by atoms with van der Waals surface area (Å²) in [6.07, 6.45) is 8.38. The van der Waals surface area contributed by atoms with Gasteiger partial charge >= 0.3 is 0 Å². The first-order valence-corrected chi connectivity index (χ1v) is 10.1. The monoisotopic (exact) mass is 338 g/mol. The number of ether oxygens (including phenoxy) is 2. The predicted molar refractivity (Wildman–Crippen MR) is 96.7 cm³/mol. The molecule has 0 spiro atoms. The van der Waals surface area contributed by atoms with Crippen molar-refractivity contribution in [2.24, 2.45) is 23.2 Å².